The lowest BCUT2D eigenvalue weighted by atomic mass is 10.2. The fourth-order valence-corrected chi connectivity index (χ4v) is 2.45. The fraction of sp³-hybridized carbons (Fsp3) is 0.364. The molecule has 0 atom stereocenters. The van der Waals surface area contributed by atoms with Crippen molar-refractivity contribution in [2.45, 2.75) is 12.8 Å². The van der Waals surface area contributed by atoms with Crippen LogP contribution in [-0.2, 0) is 12.8 Å². The minimum Gasteiger partial charge on any atom is -0.316 e. The minimum absolute atomic E-state index is 1.04. The highest BCUT2D eigenvalue weighted by atomic mass is 79.9. The van der Waals surface area contributed by atoms with Crippen LogP contribution in [0.5, 0.6) is 0 Å². The van der Waals surface area contributed by atoms with E-state index in [0.717, 1.165) is 36.1 Å². The van der Waals surface area contributed by atoms with Crippen molar-refractivity contribution in [2.24, 2.45) is 0 Å². The van der Waals surface area contributed by atoms with Crippen LogP contribution in [0.15, 0.2) is 22.8 Å². The Kier molecular flexibility index (Phi) is 2.25. The summed E-state index contributed by atoms with van der Waals surface area (Å²) in [6, 6.07) is 4.13. The van der Waals surface area contributed by atoms with Gasteiger partial charge in [-0.05, 0) is 12.1 Å². The van der Waals surface area contributed by atoms with Gasteiger partial charge in [0.1, 0.15) is 5.65 Å². The Bertz CT molecular complexity index is 504. The lowest BCUT2D eigenvalue weighted by Gasteiger charge is -2.00. The van der Waals surface area contributed by atoms with E-state index in [2.05, 4.69) is 49.0 Å². The fourth-order valence-electron chi connectivity index (χ4n) is 2.12. The number of nitrogens with one attached hydrogen (secondary N) is 1. The first-order valence-corrected chi connectivity index (χ1v) is 6.00. The average molecular weight is 266 g/mol. The number of imidazole rings is 1. The molecule has 0 fully saturated rings. The van der Waals surface area contributed by atoms with E-state index in [1.54, 1.807) is 0 Å². The van der Waals surface area contributed by atoms with Gasteiger partial charge in [-0.3, -0.25) is 0 Å². The number of pyridine rings is 1. The third kappa shape index (κ3) is 1.58. The smallest absolute Gasteiger partial charge is 0.138 e. The molecule has 0 saturated heterocycles. The van der Waals surface area contributed by atoms with Crippen molar-refractivity contribution in [3.8, 4) is 0 Å². The summed E-state index contributed by atoms with van der Waals surface area (Å²) in [7, 11) is 0. The standard InChI is InChI=1S/C11H12BrN3/c12-8-3-6-15-10-2-5-13-4-1-9(10)14-11(15)7-8/h3,6-7,13H,1-2,4-5H2. The van der Waals surface area contributed by atoms with E-state index in [1.807, 2.05) is 0 Å². The largest absolute Gasteiger partial charge is 0.316 e. The third-order valence-electron chi connectivity index (χ3n) is 2.85. The van der Waals surface area contributed by atoms with Gasteiger partial charge in [-0.1, -0.05) is 15.9 Å². The van der Waals surface area contributed by atoms with E-state index in [0.29, 0.717) is 0 Å². The Hall–Kier alpha value is -0.870. The van der Waals surface area contributed by atoms with E-state index in [4.69, 9.17) is 0 Å². The molecule has 0 radical (unpaired) electrons. The van der Waals surface area contributed by atoms with Crippen LogP contribution in [0.1, 0.15) is 11.4 Å². The maximum atomic E-state index is 4.67. The Balaban J connectivity index is 2.23. The van der Waals surface area contributed by atoms with Crippen LogP contribution in [0.4, 0.5) is 0 Å². The second-order valence-corrected chi connectivity index (χ2v) is 4.74. The van der Waals surface area contributed by atoms with Crippen molar-refractivity contribution in [3.05, 3.63) is 34.2 Å². The highest BCUT2D eigenvalue weighted by Gasteiger charge is 2.14. The SMILES string of the molecule is Brc1ccn2c3c(nc2c1)CCNCC3. The first kappa shape index (κ1) is 9.36. The lowest BCUT2D eigenvalue weighted by molar-refractivity contribution is 0.702. The minimum atomic E-state index is 1.04. The Morgan fingerprint density at radius 3 is 3.13 bits per heavy atom. The van der Waals surface area contributed by atoms with Crippen LogP contribution in [0.25, 0.3) is 5.65 Å². The summed E-state index contributed by atoms with van der Waals surface area (Å²) < 4.78 is 3.29. The monoisotopic (exact) mass is 265 g/mol. The van der Waals surface area contributed by atoms with Crippen molar-refractivity contribution in [3.63, 3.8) is 0 Å². The molecule has 3 rings (SSSR count). The predicted octanol–water partition coefficient (Wildman–Crippen LogP) is 1.78. The van der Waals surface area contributed by atoms with Gasteiger partial charge in [0.15, 0.2) is 0 Å². The molecule has 0 aliphatic carbocycles. The topological polar surface area (TPSA) is 29.3 Å². The lowest BCUT2D eigenvalue weighted by Crippen LogP contribution is -2.16. The van der Waals surface area contributed by atoms with Crippen molar-refractivity contribution >= 4 is 21.6 Å². The molecule has 4 heteroatoms. The molecule has 0 bridgehead atoms. The van der Waals surface area contributed by atoms with E-state index < -0.39 is 0 Å². The molecule has 0 saturated carbocycles. The van der Waals surface area contributed by atoms with Gasteiger partial charge in [0.05, 0.1) is 5.69 Å². The molecular formula is C11H12BrN3. The van der Waals surface area contributed by atoms with E-state index in [1.165, 1.54) is 11.4 Å². The number of halogens is 1. The van der Waals surface area contributed by atoms with Gasteiger partial charge in [-0.25, -0.2) is 4.98 Å². The second-order valence-electron chi connectivity index (χ2n) is 3.83. The normalized spacial score (nSPS) is 16.3. The summed E-state index contributed by atoms with van der Waals surface area (Å²) >= 11 is 3.48. The summed E-state index contributed by atoms with van der Waals surface area (Å²) in [4.78, 5) is 4.67. The Morgan fingerprint density at radius 2 is 2.20 bits per heavy atom. The van der Waals surface area contributed by atoms with Gasteiger partial charge < -0.3 is 9.72 Å². The molecule has 0 aromatic carbocycles. The molecule has 0 spiro atoms. The summed E-state index contributed by atoms with van der Waals surface area (Å²) in [6.45, 7) is 2.09. The molecule has 3 heterocycles. The predicted molar refractivity (Wildman–Crippen MR) is 63.2 cm³/mol. The molecule has 78 valence electrons. The van der Waals surface area contributed by atoms with Gasteiger partial charge in [0, 0.05) is 42.3 Å². The van der Waals surface area contributed by atoms with Crippen LogP contribution >= 0.6 is 15.9 Å². The Labute approximate surface area is 96.6 Å². The van der Waals surface area contributed by atoms with Crippen LogP contribution in [0, 0.1) is 0 Å². The molecule has 0 unspecified atom stereocenters. The molecule has 15 heavy (non-hydrogen) atoms. The van der Waals surface area contributed by atoms with Crippen molar-refractivity contribution in [1.29, 1.82) is 0 Å². The number of fused-ring (bicyclic) bond motifs is 3. The maximum absolute atomic E-state index is 4.67. The average Bonchev–Trinajstić information content (AvgIpc) is 2.42. The summed E-state index contributed by atoms with van der Waals surface area (Å²) in [5.74, 6) is 0. The van der Waals surface area contributed by atoms with Crippen LogP contribution in [0.2, 0.25) is 0 Å². The number of aromatic nitrogens is 2. The zero-order chi connectivity index (χ0) is 10.3. The molecule has 2 aromatic heterocycles. The highest BCUT2D eigenvalue weighted by Crippen LogP contribution is 2.18. The Morgan fingerprint density at radius 1 is 1.33 bits per heavy atom. The van der Waals surface area contributed by atoms with Gasteiger partial charge in [0.2, 0.25) is 0 Å². The summed E-state index contributed by atoms with van der Waals surface area (Å²) in [6.07, 6.45) is 4.20. The highest BCUT2D eigenvalue weighted by molar-refractivity contribution is 9.10. The van der Waals surface area contributed by atoms with Crippen LogP contribution < -0.4 is 5.32 Å². The molecule has 1 N–H and O–H groups in total. The number of rotatable bonds is 0. The molecule has 2 aromatic rings. The molecule has 3 nitrogen and oxygen atoms in total. The van der Waals surface area contributed by atoms with Gasteiger partial charge >= 0.3 is 0 Å². The first-order chi connectivity index (χ1) is 7.34. The third-order valence-corrected chi connectivity index (χ3v) is 3.34. The zero-order valence-electron chi connectivity index (χ0n) is 8.33. The second kappa shape index (κ2) is 3.61. The van der Waals surface area contributed by atoms with Crippen LogP contribution in [-0.4, -0.2) is 22.5 Å². The number of nitrogens with zero attached hydrogens (tertiary/aromatic N) is 2. The molecule has 1 aliphatic heterocycles. The molecule has 1 aliphatic rings. The van der Waals surface area contributed by atoms with Gasteiger partial charge in [-0.2, -0.15) is 0 Å². The zero-order valence-corrected chi connectivity index (χ0v) is 9.92. The maximum Gasteiger partial charge on any atom is 0.138 e. The van der Waals surface area contributed by atoms with E-state index in [-0.39, 0.29) is 0 Å². The molecular weight excluding hydrogens is 254 g/mol. The van der Waals surface area contributed by atoms with E-state index >= 15 is 0 Å². The quantitative estimate of drug-likeness (QED) is 0.787. The number of hydrogen-bond acceptors (Lipinski definition) is 2. The van der Waals surface area contributed by atoms with Crippen molar-refractivity contribution in [2.75, 3.05) is 13.1 Å². The summed E-state index contributed by atoms with van der Waals surface area (Å²) in [5, 5.41) is 3.39. The summed E-state index contributed by atoms with van der Waals surface area (Å²) in [5.41, 5.74) is 3.66. The van der Waals surface area contributed by atoms with E-state index in [9.17, 15) is 0 Å². The number of hydrogen-bond donors (Lipinski definition) is 1. The van der Waals surface area contributed by atoms with Crippen LogP contribution in [0.3, 0.4) is 0 Å². The van der Waals surface area contributed by atoms with Gasteiger partial charge in [-0.15, -0.1) is 0 Å². The molecule has 0 amide bonds. The van der Waals surface area contributed by atoms with Crippen molar-refractivity contribution < 1.29 is 0 Å². The van der Waals surface area contributed by atoms with Gasteiger partial charge in [0.25, 0.3) is 0 Å². The van der Waals surface area contributed by atoms with Crippen molar-refractivity contribution in [1.82, 2.24) is 14.7 Å². The first-order valence-electron chi connectivity index (χ1n) is 5.21.